The van der Waals surface area contributed by atoms with E-state index in [9.17, 15) is 0 Å². The van der Waals surface area contributed by atoms with Crippen molar-refractivity contribution in [2.75, 3.05) is 7.11 Å². The molecule has 0 aliphatic carbocycles. The van der Waals surface area contributed by atoms with Crippen LogP contribution in [0.25, 0.3) is 0 Å². The smallest absolute Gasteiger partial charge is 0.138 e. The zero-order chi connectivity index (χ0) is 14.5. The van der Waals surface area contributed by atoms with E-state index in [1.54, 1.807) is 13.4 Å². The van der Waals surface area contributed by atoms with Gasteiger partial charge in [0.05, 0.1) is 17.6 Å². The Labute approximate surface area is 126 Å². The van der Waals surface area contributed by atoms with Crippen molar-refractivity contribution in [2.24, 2.45) is 5.84 Å². The zero-order valence-electron chi connectivity index (χ0n) is 11.5. The number of ether oxygens (including phenoxy) is 1. The topological polar surface area (TPSA) is 78.0 Å². The van der Waals surface area contributed by atoms with Gasteiger partial charge in [0.1, 0.15) is 17.9 Å². The summed E-state index contributed by atoms with van der Waals surface area (Å²) in [6.45, 7) is 2.83. The average Bonchev–Trinajstić information content (AvgIpc) is 2.91. The molecular weight excluding hydrogens is 322 g/mol. The molecule has 0 saturated heterocycles. The molecule has 0 saturated carbocycles. The quantitative estimate of drug-likeness (QED) is 0.620. The Bertz CT molecular complexity index is 572. The van der Waals surface area contributed by atoms with Gasteiger partial charge in [-0.05, 0) is 40.5 Å². The normalized spacial score (nSPS) is 12.4. The number of aryl methyl sites for hydroxylation is 1. The van der Waals surface area contributed by atoms with Crippen LogP contribution in [0.5, 0.6) is 5.75 Å². The molecule has 20 heavy (non-hydrogen) atoms. The number of nitrogens with two attached hydrogens (primary N) is 1. The van der Waals surface area contributed by atoms with Crippen LogP contribution in [-0.2, 0) is 13.0 Å². The summed E-state index contributed by atoms with van der Waals surface area (Å²) in [7, 11) is 1.64. The van der Waals surface area contributed by atoms with Crippen molar-refractivity contribution in [3.8, 4) is 5.75 Å². The molecule has 0 aliphatic heterocycles. The number of hydrogen-bond donors (Lipinski definition) is 2. The number of benzene rings is 1. The Balaban J connectivity index is 2.22. The highest BCUT2D eigenvalue weighted by atomic mass is 79.9. The molecule has 0 radical (unpaired) electrons. The van der Waals surface area contributed by atoms with Crippen LogP contribution in [-0.4, -0.2) is 21.9 Å². The molecule has 7 heteroatoms. The van der Waals surface area contributed by atoms with Crippen LogP contribution >= 0.6 is 15.9 Å². The molecule has 6 nitrogen and oxygen atoms in total. The molecule has 2 aromatic rings. The third-order valence-electron chi connectivity index (χ3n) is 3.16. The lowest BCUT2D eigenvalue weighted by atomic mass is 10.0. The monoisotopic (exact) mass is 339 g/mol. The van der Waals surface area contributed by atoms with Gasteiger partial charge in [0.2, 0.25) is 0 Å². The van der Waals surface area contributed by atoms with E-state index in [4.69, 9.17) is 10.6 Å². The molecule has 1 unspecified atom stereocenters. The first-order chi connectivity index (χ1) is 9.69. The van der Waals surface area contributed by atoms with Gasteiger partial charge in [0.25, 0.3) is 0 Å². The molecule has 108 valence electrons. The molecule has 0 bridgehead atoms. The standard InChI is InChI=1S/C13H18BrN5O/c1-3-19-13(16-8-17-19)7-11(18-15)9-4-5-12(20-2)10(14)6-9/h4-6,8,11,18H,3,7,15H2,1-2H3. The van der Waals surface area contributed by atoms with E-state index in [2.05, 4.69) is 31.4 Å². The first-order valence-electron chi connectivity index (χ1n) is 6.35. The summed E-state index contributed by atoms with van der Waals surface area (Å²) in [6.07, 6.45) is 2.24. The fourth-order valence-electron chi connectivity index (χ4n) is 2.07. The Morgan fingerprint density at radius 2 is 2.30 bits per heavy atom. The predicted molar refractivity (Wildman–Crippen MR) is 80.2 cm³/mol. The number of rotatable bonds is 6. The molecule has 0 spiro atoms. The molecule has 0 amide bonds. The number of halogens is 1. The lowest BCUT2D eigenvalue weighted by Gasteiger charge is -2.17. The van der Waals surface area contributed by atoms with Crippen LogP contribution in [0.2, 0.25) is 0 Å². The third kappa shape index (κ3) is 3.17. The minimum Gasteiger partial charge on any atom is -0.496 e. The second-order valence-electron chi connectivity index (χ2n) is 4.31. The number of hydrazine groups is 1. The molecular formula is C13H18BrN5O. The Kier molecular flexibility index (Phi) is 5.11. The summed E-state index contributed by atoms with van der Waals surface area (Å²) in [5, 5.41) is 4.17. The van der Waals surface area contributed by atoms with Crippen molar-refractivity contribution in [3.63, 3.8) is 0 Å². The molecule has 1 heterocycles. The highest BCUT2D eigenvalue weighted by Gasteiger charge is 2.15. The van der Waals surface area contributed by atoms with Crippen LogP contribution in [0.3, 0.4) is 0 Å². The van der Waals surface area contributed by atoms with E-state index in [1.165, 1.54) is 0 Å². The van der Waals surface area contributed by atoms with Crippen molar-refractivity contribution in [3.05, 3.63) is 40.4 Å². The molecule has 2 rings (SSSR count). The summed E-state index contributed by atoms with van der Waals surface area (Å²) in [4.78, 5) is 4.28. The van der Waals surface area contributed by atoms with Gasteiger partial charge in [-0.3, -0.25) is 16.0 Å². The first kappa shape index (κ1) is 15.0. The van der Waals surface area contributed by atoms with Crippen molar-refractivity contribution < 1.29 is 4.74 Å². The number of nitrogens with one attached hydrogen (secondary N) is 1. The maximum atomic E-state index is 5.68. The molecule has 0 fully saturated rings. The first-order valence-corrected chi connectivity index (χ1v) is 7.15. The van der Waals surface area contributed by atoms with Gasteiger partial charge in [0.15, 0.2) is 0 Å². The van der Waals surface area contributed by atoms with Gasteiger partial charge in [-0.2, -0.15) is 5.10 Å². The van der Waals surface area contributed by atoms with Gasteiger partial charge >= 0.3 is 0 Å². The fraction of sp³-hybridized carbons (Fsp3) is 0.385. The minimum atomic E-state index is -0.0355. The van der Waals surface area contributed by atoms with Crippen molar-refractivity contribution in [2.45, 2.75) is 25.9 Å². The molecule has 0 aliphatic rings. The van der Waals surface area contributed by atoms with Crippen LogP contribution in [0.1, 0.15) is 24.4 Å². The summed E-state index contributed by atoms with van der Waals surface area (Å²) in [5.74, 6) is 7.38. The maximum Gasteiger partial charge on any atom is 0.138 e. The molecule has 3 N–H and O–H groups in total. The van der Waals surface area contributed by atoms with E-state index in [-0.39, 0.29) is 6.04 Å². The van der Waals surface area contributed by atoms with Gasteiger partial charge in [0, 0.05) is 13.0 Å². The van der Waals surface area contributed by atoms with E-state index in [0.717, 1.165) is 28.2 Å². The van der Waals surface area contributed by atoms with Crippen molar-refractivity contribution in [1.82, 2.24) is 20.2 Å². The summed E-state index contributed by atoms with van der Waals surface area (Å²) in [6, 6.07) is 5.86. The Hall–Kier alpha value is -1.44. The average molecular weight is 340 g/mol. The highest BCUT2D eigenvalue weighted by molar-refractivity contribution is 9.10. The van der Waals surface area contributed by atoms with Crippen LogP contribution in [0.4, 0.5) is 0 Å². The van der Waals surface area contributed by atoms with Crippen molar-refractivity contribution in [1.29, 1.82) is 0 Å². The highest BCUT2D eigenvalue weighted by Crippen LogP contribution is 2.28. The predicted octanol–water partition coefficient (Wildman–Crippen LogP) is 1.82. The number of methoxy groups -OCH3 is 1. The molecule has 1 atom stereocenters. The summed E-state index contributed by atoms with van der Waals surface area (Å²) >= 11 is 3.48. The number of aromatic nitrogens is 3. The van der Waals surface area contributed by atoms with E-state index < -0.39 is 0 Å². The summed E-state index contributed by atoms with van der Waals surface area (Å²) in [5.41, 5.74) is 3.89. The van der Waals surface area contributed by atoms with E-state index >= 15 is 0 Å². The Morgan fingerprint density at radius 3 is 2.90 bits per heavy atom. The van der Waals surface area contributed by atoms with E-state index in [1.807, 2.05) is 29.8 Å². The largest absolute Gasteiger partial charge is 0.496 e. The van der Waals surface area contributed by atoms with E-state index in [0.29, 0.717) is 6.42 Å². The second-order valence-corrected chi connectivity index (χ2v) is 5.16. The third-order valence-corrected chi connectivity index (χ3v) is 3.78. The lowest BCUT2D eigenvalue weighted by Crippen LogP contribution is -2.30. The molecule has 1 aromatic heterocycles. The maximum absolute atomic E-state index is 5.68. The number of nitrogens with zero attached hydrogens (tertiary/aromatic N) is 3. The minimum absolute atomic E-state index is 0.0355. The Morgan fingerprint density at radius 1 is 1.50 bits per heavy atom. The van der Waals surface area contributed by atoms with Crippen LogP contribution < -0.4 is 16.0 Å². The zero-order valence-corrected chi connectivity index (χ0v) is 13.1. The van der Waals surface area contributed by atoms with Crippen LogP contribution in [0, 0.1) is 0 Å². The SMILES string of the molecule is CCn1ncnc1CC(NN)c1ccc(OC)c(Br)c1. The fourth-order valence-corrected chi connectivity index (χ4v) is 2.62. The number of hydrogen-bond acceptors (Lipinski definition) is 5. The van der Waals surface area contributed by atoms with Crippen LogP contribution in [0.15, 0.2) is 29.0 Å². The van der Waals surface area contributed by atoms with Gasteiger partial charge in [-0.1, -0.05) is 6.07 Å². The van der Waals surface area contributed by atoms with Gasteiger partial charge in [-0.15, -0.1) is 0 Å². The summed E-state index contributed by atoms with van der Waals surface area (Å²) < 4.78 is 7.99. The lowest BCUT2D eigenvalue weighted by molar-refractivity contribution is 0.411. The van der Waals surface area contributed by atoms with Crippen molar-refractivity contribution >= 4 is 15.9 Å². The van der Waals surface area contributed by atoms with Gasteiger partial charge < -0.3 is 4.74 Å². The molecule has 1 aromatic carbocycles. The second kappa shape index (κ2) is 6.83. The van der Waals surface area contributed by atoms with Gasteiger partial charge in [-0.25, -0.2) is 4.98 Å².